The first kappa shape index (κ1) is 13.9. The lowest BCUT2D eigenvalue weighted by atomic mass is 10.1. The van der Waals surface area contributed by atoms with Gasteiger partial charge in [0.15, 0.2) is 6.04 Å². The van der Waals surface area contributed by atoms with E-state index in [4.69, 9.17) is 5.11 Å². The second-order valence-electron chi connectivity index (χ2n) is 3.38. The van der Waals surface area contributed by atoms with Crippen molar-refractivity contribution in [1.82, 2.24) is 5.32 Å². The molecule has 2 N–H and O–H groups in total. The maximum Gasteiger partial charge on any atom is 0.328 e. The average molecular weight is 351 g/mol. The monoisotopic (exact) mass is 351 g/mol. The van der Waals surface area contributed by atoms with Crippen molar-refractivity contribution in [2.24, 2.45) is 0 Å². The Morgan fingerprint density at radius 1 is 1.41 bits per heavy atom. The summed E-state index contributed by atoms with van der Waals surface area (Å²) < 4.78 is 13.2. The van der Waals surface area contributed by atoms with Crippen LogP contribution < -0.4 is 5.32 Å². The zero-order chi connectivity index (χ0) is 12.8. The molecular formula is C11H11FINO3. The highest BCUT2D eigenvalue weighted by Crippen LogP contribution is 2.11. The summed E-state index contributed by atoms with van der Waals surface area (Å²) >= 11 is 2.08. The van der Waals surface area contributed by atoms with E-state index in [9.17, 15) is 14.0 Å². The molecule has 0 heterocycles. The van der Waals surface area contributed by atoms with Crippen LogP contribution in [0.2, 0.25) is 0 Å². The van der Waals surface area contributed by atoms with Crippen molar-refractivity contribution in [2.45, 2.75) is 12.5 Å². The minimum absolute atomic E-state index is 0.0445. The lowest BCUT2D eigenvalue weighted by molar-refractivity contribution is -0.142. The number of hydrogen-bond acceptors (Lipinski definition) is 2. The van der Waals surface area contributed by atoms with E-state index in [0.717, 1.165) is 9.13 Å². The van der Waals surface area contributed by atoms with Crippen molar-refractivity contribution >= 4 is 34.5 Å². The zero-order valence-electron chi connectivity index (χ0n) is 8.82. The normalized spacial score (nSPS) is 11.9. The summed E-state index contributed by atoms with van der Waals surface area (Å²) in [6, 6.07) is 5.77. The second-order valence-corrected chi connectivity index (χ2v) is 4.54. The number of carbonyl (C=O) groups excluding carboxylic acids is 1. The van der Waals surface area contributed by atoms with E-state index in [0.29, 0.717) is 0 Å². The van der Waals surface area contributed by atoms with Crippen molar-refractivity contribution in [3.63, 3.8) is 0 Å². The maximum absolute atomic E-state index is 12.3. The number of alkyl halides is 1. The second kappa shape index (κ2) is 6.53. The van der Waals surface area contributed by atoms with Crippen LogP contribution in [0, 0.1) is 3.57 Å². The van der Waals surface area contributed by atoms with Crippen molar-refractivity contribution in [3.05, 3.63) is 33.4 Å². The Kier molecular flexibility index (Phi) is 5.33. The predicted octanol–water partition coefficient (Wildman–Crippen LogP) is 1.37. The van der Waals surface area contributed by atoms with Gasteiger partial charge in [-0.25, -0.2) is 9.18 Å². The Bertz CT molecular complexity index is 425. The van der Waals surface area contributed by atoms with Crippen LogP contribution in [0.5, 0.6) is 0 Å². The highest BCUT2D eigenvalue weighted by Gasteiger charge is 2.19. The fourth-order valence-electron chi connectivity index (χ4n) is 1.23. The number of carbonyl (C=O) groups is 2. The summed E-state index contributed by atoms with van der Waals surface area (Å²) in [6.45, 7) is -1.12. The molecule has 0 radical (unpaired) electrons. The van der Waals surface area contributed by atoms with Gasteiger partial charge in [0.25, 0.3) is 0 Å². The minimum atomic E-state index is -1.47. The van der Waals surface area contributed by atoms with Gasteiger partial charge < -0.3 is 10.4 Å². The van der Waals surface area contributed by atoms with Gasteiger partial charge in [-0.05, 0) is 34.2 Å². The first-order chi connectivity index (χ1) is 8.04. The largest absolute Gasteiger partial charge is 0.480 e. The van der Waals surface area contributed by atoms with Crippen molar-refractivity contribution in [1.29, 1.82) is 0 Å². The fraction of sp³-hybridized carbons (Fsp3) is 0.273. The number of halogens is 2. The Labute approximate surface area is 111 Å². The Balaban J connectivity index is 2.61. The molecule has 0 bridgehead atoms. The van der Waals surface area contributed by atoms with Gasteiger partial charge in [0.05, 0.1) is 6.42 Å². The molecular weight excluding hydrogens is 340 g/mol. The molecule has 0 saturated heterocycles. The van der Waals surface area contributed by atoms with Crippen LogP contribution in [0.1, 0.15) is 5.56 Å². The van der Waals surface area contributed by atoms with Gasteiger partial charge in [-0.2, -0.15) is 0 Å². The number of carboxylic acid groups (broad SMARTS) is 1. The summed E-state index contributed by atoms with van der Waals surface area (Å²) in [4.78, 5) is 22.0. The Hall–Kier alpha value is -1.18. The van der Waals surface area contributed by atoms with E-state index in [-0.39, 0.29) is 6.42 Å². The molecule has 1 aromatic rings. The Morgan fingerprint density at radius 3 is 2.59 bits per heavy atom. The number of rotatable bonds is 5. The number of amides is 1. The molecule has 92 valence electrons. The predicted molar refractivity (Wildman–Crippen MR) is 68.4 cm³/mol. The van der Waals surface area contributed by atoms with E-state index in [1.165, 1.54) is 0 Å². The molecule has 1 atom stereocenters. The summed E-state index contributed by atoms with van der Waals surface area (Å²) in [5, 5.41) is 10.7. The third kappa shape index (κ3) is 4.29. The van der Waals surface area contributed by atoms with Gasteiger partial charge in [0, 0.05) is 3.57 Å². The lowest BCUT2D eigenvalue weighted by Gasteiger charge is -2.11. The minimum Gasteiger partial charge on any atom is -0.480 e. The van der Waals surface area contributed by atoms with E-state index >= 15 is 0 Å². The standard InChI is InChI=1S/C11H11FINO3/c12-6-9(11(16)17)14-10(15)5-7-3-1-2-4-8(7)13/h1-4,9H,5-6H2,(H,14,15)(H,16,17). The zero-order valence-corrected chi connectivity index (χ0v) is 11.0. The molecule has 1 amide bonds. The van der Waals surface area contributed by atoms with Gasteiger partial charge in [0.2, 0.25) is 5.91 Å². The SMILES string of the molecule is O=C(Cc1ccccc1I)NC(CF)C(=O)O. The molecule has 0 spiro atoms. The van der Waals surface area contributed by atoms with Crippen LogP contribution in [0.25, 0.3) is 0 Å². The lowest BCUT2D eigenvalue weighted by Crippen LogP contribution is -2.43. The molecule has 0 saturated carbocycles. The van der Waals surface area contributed by atoms with Crippen molar-refractivity contribution < 1.29 is 19.1 Å². The van der Waals surface area contributed by atoms with Gasteiger partial charge in [-0.3, -0.25) is 4.79 Å². The highest BCUT2D eigenvalue weighted by molar-refractivity contribution is 14.1. The van der Waals surface area contributed by atoms with Gasteiger partial charge >= 0.3 is 5.97 Å². The number of nitrogens with one attached hydrogen (secondary N) is 1. The molecule has 4 nitrogen and oxygen atoms in total. The van der Waals surface area contributed by atoms with Gasteiger partial charge in [0.1, 0.15) is 6.67 Å². The number of aliphatic carboxylic acids is 1. The molecule has 1 unspecified atom stereocenters. The average Bonchev–Trinajstić information content (AvgIpc) is 2.28. The smallest absolute Gasteiger partial charge is 0.328 e. The van der Waals surface area contributed by atoms with Crippen LogP contribution in [0.15, 0.2) is 24.3 Å². The fourth-order valence-corrected chi connectivity index (χ4v) is 1.80. The topological polar surface area (TPSA) is 66.4 Å². The molecule has 1 rings (SSSR count). The summed E-state index contributed by atoms with van der Waals surface area (Å²) in [5.41, 5.74) is 0.786. The number of benzene rings is 1. The summed E-state index contributed by atoms with van der Waals surface area (Å²) in [5.74, 6) is -1.87. The summed E-state index contributed by atoms with van der Waals surface area (Å²) in [7, 11) is 0. The highest BCUT2D eigenvalue weighted by atomic mass is 127. The third-order valence-electron chi connectivity index (χ3n) is 2.10. The van der Waals surface area contributed by atoms with Gasteiger partial charge in [-0.1, -0.05) is 18.2 Å². The molecule has 0 fully saturated rings. The molecule has 1 aromatic carbocycles. The van der Waals surface area contributed by atoms with Crippen LogP contribution in [-0.4, -0.2) is 29.7 Å². The van der Waals surface area contributed by atoms with Crippen LogP contribution in [0.3, 0.4) is 0 Å². The van der Waals surface area contributed by atoms with Gasteiger partial charge in [-0.15, -0.1) is 0 Å². The molecule has 17 heavy (non-hydrogen) atoms. The molecule has 0 aliphatic carbocycles. The van der Waals surface area contributed by atoms with E-state index in [1.807, 2.05) is 12.1 Å². The maximum atomic E-state index is 12.3. The molecule has 0 aromatic heterocycles. The van der Waals surface area contributed by atoms with E-state index in [2.05, 4.69) is 27.9 Å². The van der Waals surface area contributed by atoms with E-state index < -0.39 is 24.6 Å². The molecule has 0 aliphatic heterocycles. The van der Waals surface area contributed by atoms with Crippen LogP contribution >= 0.6 is 22.6 Å². The molecule has 6 heteroatoms. The van der Waals surface area contributed by atoms with Crippen molar-refractivity contribution in [2.75, 3.05) is 6.67 Å². The van der Waals surface area contributed by atoms with Crippen LogP contribution in [-0.2, 0) is 16.0 Å². The Morgan fingerprint density at radius 2 is 2.06 bits per heavy atom. The van der Waals surface area contributed by atoms with E-state index in [1.54, 1.807) is 12.1 Å². The third-order valence-corrected chi connectivity index (χ3v) is 3.15. The quantitative estimate of drug-likeness (QED) is 0.788. The van der Waals surface area contributed by atoms with Crippen LogP contribution in [0.4, 0.5) is 4.39 Å². The summed E-state index contributed by atoms with van der Waals surface area (Å²) in [6.07, 6.45) is 0.0445. The number of hydrogen-bond donors (Lipinski definition) is 2. The first-order valence-electron chi connectivity index (χ1n) is 4.86. The number of carboxylic acids is 1. The van der Waals surface area contributed by atoms with Crippen molar-refractivity contribution in [3.8, 4) is 0 Å². The first-order valence-corrected chi connectivity index (χ1v) is 5.94. The molecule has 0 aliphatic rings.